The molecule has 0 spiro atoms. The molecule has 0 bridgehead atoms. The summed E-state index contributed by atoms with van der Waals surface area (Å²) in [5.41, 5.74) is 0. The van der Waals surface area contributed by atoms with E-state index in [0.29, 0.717) is 4.90 Å². The minimum atomic E-state index is -2.89. The highest BCUT2D eigenvalue weighted by molar-refractivity contribution is 4.59. The van der Waals surface area contributed by atoms with Crippen LogP contribution in [0.25, 0.3) is 0 Å². The molecule has 36 valence electrons. The molecule has 1 rings (SSSR count). The largest absolute Gasteiger partial charge is 0.306 e. The molecule has 1 saturated heterocycles. The van der Waals surface area contributed by atoms with Gasteiger partial charge in [0.1, 0.15) is 0 Å². The van der Waals surface area contributed by atoms with Crippen LogP contribution in [-0.4, -0.2) is 24.9 Å². The molecule has 0 radical (unpaired) electrons. The third kappa shape index (κ3) is 0.716. The van der Waals surface area contributed by atoms with Crippen LogP contribution in [0, 0.1) is 0 Å². The third-order valence-electron chi connectivity index (χ3n) is 0.510. The first-order valence-electron chi connectivity index (χ1n) is 5.64. The van der Waals surface area contributed by atoms with Gasteiger partial charge >= 0.3 is 0 Å². The second-order valence-electron chi connectivity index (χ2n) is 1.03. The minimum absolute atomic E-state index is 0.458. The fourth-order valence-corrected chi connectivity index (χ4v) is 0.252. The van der Waals surface area contributed by atoms with Crippen molar-refractivity contribution in [3.8, 4) is 0 Å². The predicted molar refractivity (Wildman–Crippen MR) is 26.7 cm³/mol. The zero-order valence-corrected chi connectivity index (χ0v) is 3.45. The van der Waals surface area contributed by atoms with Crippen LogP contribution in [0.5, 0.6) is 0 Å². The van der Waals surface area contributed by atoms with Crippen molar-refractivity contribution in [2.75, 3.05) is 20.0 Å². The number of hydrogen-bond donors (Lipinski definition) is 0. The summed E-state index contributed by atoms with van der Waals surface area (Å²) in [7, 11) is 1.03. The normalized spacial score (nSPS) is 78.8. The lowest BCUT2D eigenvalue weighted by Crippen LogP contribution is -2.10. The van der Waals surface area contributed by atoms with Gasteiger partial charge in [-0.05, 0) is 32.8 Å². The van der Waals surface area contributed by atoms with Gasteiger partial charge in [0.2, 0.25) is 0 Å². The average Bonchev–Trinajstić information content (AvgIpc) is 2.05. The maximum atomic E-state index is 7.34. The topological polar surface area (TPSA) is 3.24 Å². The van der Waals surface area contributed by atoms with Crippen LogP contribution >= 0.6 is 0 Å². The van der Waals surface area contributed by atoms with E-state index in [1.165, 1.54) is 0 Å². The first-order valence-corrected chi connectivity index (χ1v) is 1.64. The number of nitrogens with zero attached hydrogens (tertiary/aromatic N) is 1. The Morgan fingerprint density at radius 3 is 2.17 bits per heavy atom. The maximum absolute atomic E-state index is 7.34. The summed E-state index contributed by atoms with van der Waals surface area (Å²) in [5.74, 6) is 0. The van der Waals surface area contributed by atoms with E-state index in [1.807, 2.05) is 0 Å². The summed E-state index contributed by atoms with van der Waals surface area (Å²) >= 11 is 0. The second kappa shape index (κ2) is 1.61. The van der Waals surface area contributed by atoms with Gasteiger partial charge in [0.15, 0.2) is 0 Å². The molecule has 1 aliphatic heterocycles. The Hall–Kier alpha value is -0.0400. The number of rotatable bonds is 0. The zero-order chi connectivity index (χ0) is 11.6. The van der Waals surface area contributed by atoms with E-state index in [-0.39, 0.29) is 0 Å². The zero-order valence-electron chi connectivity index (χ0n) is 11.4. The second-order valence-corrected chi connectivity index (χ2v) is 1.03. The molecule has 0 amide bonds. The van der Waals surface area contributed by atoms with Crippen LogP contribution in [0.15, 0.2) is 0 Å². The predicted octanol–water partition coefficient (Wildman–Crippen LogP) is 0.712. The Labute approximate surface area is 50.2 Å². The molecule has 0 unspecified atom stereocenters. The molecule has 1 heterocycles. The van der Waals surface area contributed by atoms with Gasteiger partial charge in [-0.3, -0.25) is 0 Å². The van der Waals surface area contributed by atoms with E-state index < -0.39 is 25.7 Å². The molecule has 1 nitrogen and oxygen atoms in total. The van der Waals surface area contributed by atoms with E-state index in [9.17, 15) is 0 Å². The maximum Gasteiger partial charge on any atom is 0.0430 e. The van der Waals surface area contributed by atoms with Gasteiger partial charge in [-0.25, -0.2) is 0 Å². The Balaban J connectivity index is 3.38. The van der Waals surface area contributed by atoms with Crippen LogP contribution in [0.3, 0.4) is 0 Å². The molecule has 0 aromatic carbocycles. The fraction of sp³-hybridized carbons (Fsp3) is 1.00. The standard InChI is InChI=1S/C5H11N/c1-6-4-2-3-5-6/h2-5H2,1H3/i2D2,3D2,4D2,5D2. The van der Waals surface area contributed by atoms with Gasteiger partial charge in [-0.15, -0.1) is 0 Å². The SMILES string of the molecule is [2H]C1([2H])N(C)C([2H])([2H])C([2H])([2H])C1([2H])[2H]. The highest BCUT2D eigenvalue weighted by atomic mass is 15.1. The quantitative estimate of drug-likeness (QED) is 0.426. The van der Waals surface area contributed by atoms with E-state index in [4.69, 9.17) is 11.0 Å². The van der Waals surface area contributed by atoms with E-state index in [0.717, 1.165) is 7.05 Å². The van der Waals surface area contributed by atoms with Crippen molar-refractivity contribution in [2.24, 2.45) is 0 Å². The van der Waals surface area contributed by atoms with Crippen molar-refractivity contribution in [1.29, 1.82) is 0 Å². The molecule has 0 aromatic rings. The van der Waals surface area contributed by atoms with Crippen molar-refractivity contribution in [3.63, 3.8) is 0 Å². The summed E-state index contributed by atoms with van der Waals surface area (Å²) < 4.78 is 58.6. The number of likely N-dealkylation sites (tertiary alicyclic amines) is 1. The van der Waals surface area contributed by atoms with Crippen LogP contribution in [0.1, 0.15) is 23.7 Å². The Morgan fingerprint density at radius 2 is 2.00 bits per heavy atom. The molecule has 0 saturated carbocycles. The van der Waals surface area contributed by atoms with Crippen molar-refractivity contribution >= 4 is 0 Å². The first-order chi connectivity index (χ1) is 5.90. The Bertz CT molecular complexity index is 232. The molecule has 1 heteroatoms. The van der Waals surface area contributed by atoms with Gasteiger partial charge < -0.3 is 4.90 Å². The molecular weight excluding hydrogens is 74.1 g/mol. The molecule has 0 atom stereocenters. The molecule has 6 heavy (non-hydrogen) atoms. The average molecular weight is 93.2 g/mol. The highest BCUT2D eigenvalue weighted by Crippen LogP contribution is 2.01. The third-order valence-corrected chi connectivity index (χ3v) is 0.510. The van der Waals surface area contributed by atoms with Crippen LogP contribution in [0.4, 0.5) is 0 Å². The monoisotopic (exact) mass is 93.1 g/mol. The van der Waals surface area contributed by atoms with Gasteiger partial charge in [0, 0.05) is 11.0 Å². The molecule has 0 aliphatic carbocycles. The Kier molecular flexibility index (Phi) is 0.201. The summed E-state index contributed by atoms with van der Waals surface area (Å²) in [6.45, 7) is -5.33. The highest BCUT2D eigenvalue weighted by Gasteiger charge is 2.03. The smallest absolute Gasteiger partial charge is 0.0430 e. The van der Waals surface area contributed by atoms with Gasteiger partial charge in [-0.1, -0.05) is 0 Å². The molecule has 0 N–H and O–H groups in total. The molecule has 0 aromatic heterocycles. The first kappa shape index (κ1) is 0.752. The van der Waals surface area contributed by atoms with Crippen molar-refractivity contribution in [2.45, 2.75) is 12.7 Å². The molecular formula is C5H11N. The van der Waals surface area contributed by atoms with Gasteiger partial charge in [-0.2, -0.15) is 0 Å². The van der Waals surface area contributed by atoms with Crippen molar-refractivity contribution in [1.82, 2.24) is 4.90 Å². The van der Waals surface area contributed by atoms with Crippen molar-refractivity contribution < 1.29 is 11.0 Å². The lowest BCUT2D eigenvalue weighted by Gasteiger charge is -2.01. The van der Waals surface area contributed by atoms with Crippen molar-refractivity contribution in [3.05, 3.63) is 0 Å². The van der Waals surface area contributed by atoms with E-state index in [2.05, 4.69) is 0 Å². The summed E-state index contributed by atoms with van der Waals surface area (Å²) in [6.07, 6.45) is -5.78. The Morgan fingerprint density at radius 1 is 1.50 bits per heavy atom. The van der Waals surface area contributed by atoms with Gasteiger partial charge in [0.25, 0.3) is 0 Å². The van der Waals surface area contributed by atoms with Gasteiger partial charge in [0.05, 0.1) is 0 Å². The lowest BCUT2D eigenvalue weighted by molar-refractivity contribution is 0.418. The molecule has 1 fully saturated rings. The fourth-order valence-electron chi connectivity index (χ4n) is 0.252. The number of hydrogen-bond acceptors (Lipinski definition) is 1. The van der Waals surface area contributed by atoms with Crippen LogP contribution < -0.4 is 0 Å². The van der Waals surface area contributed by atoms with Crippen LogP contribution in [0.2, 0.25) is 0 Å². The summed E-state index contributed by atoms with van der Waals surface area (Å²) in [6, 6.07) is 0. The summed E-state index contributed by atoms with van der Waals surface area (Å²) in [4.78, 5) is 0.458. The lowest BCUT2D eigenvalue weighted by atomic mass is 10.4. The minimum Gasteiger partial charge on any atom is -0.306 e. The summed E-state index contributed by atoms with van der Waals surface area (Å²) in [5, 5.41) is 0. The van der Waals surface area contributed by atoms with E-state index >= 15 is 0 Å². The van der Waals surface area contributed by atoms with E-state index in [1.54, 1.807) is 0 Å². The van der Waals surface area contributed by atoms with Crippen LogP contribution in [-0.2, 0) is 0 Å². The molecule has 1 aliphatic rings.